The Labute approximate surface area is 129 Å². The van der Waals surface area contributed by atoms with Crippen molar-refractivity contribution in [3.05, 3.63) is 23.0 Å². The number of aryl methyl sites for hydroxylation is 1. The van der Waals surface area contributed by atoms with Gasteiger partial charge in [0.15, 0.2) is 0 Å². The molecule has 0 aromatic carbocycles. The smallest absolute Gasteiger partial charge is 0.317 e. The van der Waals surface area contributed by atoms with Crippen LogP contribution in [0.5, 0.6) is 0 Å². The van der Waals surface area contributed by atoms with Gasteiger partial charge in [-0.3, -0.25) is 0 Å². The molecule has 2 atom stereocenters. The minimum atomic E-state index is -0.00549. The number of carbonyl (C=O) groups is 1. The molecule has 1 heterocycles. The molecule has 1 fully saturated rings. The number of halogens is 1. The predicted molar refractivity (Wildman–Crippen MR) is 85.4 cm³/mol. The molecule has 2 unspecified atom stereocenters. The number of aromatic nitrogens is 1. The molecule has 20 heavy (non-hydrogen) atoms. The summed E-state index contributed by atoms with van der Waals surface area (Å²) in [5, 5.41) is 4.52. The third-order valence-electron chi connectivity index (χ3n) is 3.87. The van der Waals surface area contributed by atoms with Gasteiger partial charge in [0.2, 0.25) is 0 Å². The number of amides is 2. The quantitative estimate of drug-likeness (QED) is 0.927. The highest BCUT2D eigenvalue weighted by Gasteiger charge is 2.26. The van der Waals surface area contributed by atoms with Crippen LogP contribution in [0.1, 0.15) is 25.0 Å². The van der Waals surface area contributed by atoms with Crippen LogP contribution >= 0.6 is 23.4 Å². The van der Waals surface area contributed by atoms with Crippen molar-refractivity contribution < 1.29 is 4.79 Å². The Morgan fingerprint density at radius 3 is 2.90 bits per heavy atom. The molecule has 0 spiro atoms. The number of nitrogens with zero attached hydrogens (tertiary/aromatic N) is 2. The van der Waals surface area contributed by atoms with E-state index < -0.39 is 0 Å². The van der Waals surface area contributed by atoms with Crippen molar-refractivity contribution in [1.29, 1.82) is 0 Å². The van der Waals surface area contributed by atoms with Crippen LogP contribution in [0.3, 0.4) is 0 Å². The molecular formula is C14H22ClN3OS. The van der Waals surface area contributed by atoms with Crippen molar-refractivity contribution in [2.24, 2.45) is 7.05 Å². The van der Waals surface area contributed by atoms with E-state index in [1.807, 2.05) is 42.7 Å². The lowest BCUT2D eigenvalue weighted by atomic mass is 10.2. The van der Waals surface area contributed by atoms with E-state index in [4.69, 9.17) is 11.6 Å². The summed E-state index contributed by atoms with van der Waals surface area (Å²) in [6.45, 7) is 0.563. The highest BCUT2D eigenvalue weighted by molar-refractivity contribution is 7.99. The van der Waals surface area contributed by atoms with Gasteiger partial charge in [0.1, 0.15) is 0 Å². The Bertz CT molecular complexity index is 477. The van der Waals surface area contributed by atoms with Gasteiger partial charge in [0.05, 0.1) is 11.6 Å². The van der Waals surface area contributed by atoms with Crippen LogP contribution in [0.15, 0.2) is 12.3 Å². The molecule has 0 saturated heterocycles. The lowest BCUT2D eigenvalue weighted by molar-refractivity contribution is 0.202. The molecule has 1 N–H and O–H groups in total. The maximum atomic E-state index is 12.2. The fourth-order valence-corrected chi connectivity index (χ4v) is 3.68. The molecule has 2 amide bonds. The molecule has 1 aliphatic rings. The third-order valence-corrected chi connectivity index (χ3v) is 5.17. The second-order valence-electron chi connectivity index (χ2n) is 5.43. The van der Waals surface area contributed by atoms with Gasteiger partial charge in [0.25, 0.3) is 0 Å². The maximum absolute atomic E-state index is 12.2. The number of hydrogen-bond acceptors (Lipinski definition) is 2. The Morgan fingerprint density at radius 2 is 2.35 bits per heavy atom. The van der Waals surface area contributed by atoms with E-state index in [2.05, 4.69) is 11.6 Å². The van der Waals surface area contributed by atoms with Gasteiger partial charge in [-0.05, 0) is 31.6 Å². The highest BCUT2D eigenvalue weighted by atomic mass is 35.5. The van der Waals surface area contributed by atoms with Crippen LogP contribution in [0.25, 0.3) is 0 Å². The van der Waals surface area contributed by atoms with Gasteiger partial charge >= 0.3 is 6.03 Å². The molecule has 2 rings (SSSR count). The van der Waals surface area contributed by atoms with Crippen LogP contribution in [-0.2, 0) is 13.6 Å². The first-order valence-electron chi connectivity index (χ1n) is 6.84. The van der Waals surface area contributed by atoms with Crippen LogP contribution in [0.4, 0.5) is 4.79 Å². The topological polar surface area (TPSA) is 37.3 Å². The average molecular weight is 316 g/mol. The van der Waals surface area contributed by atoms with Gasteiger partial charge in [-0.15, -0.1) is 0 Å². The molecule has 0 aliphatic heterocycles. The van der Waals surface area contributed by atoms with Crippen molar-refractivity contribution in [2.45, 2.75) is 37.1 Å². The van der Waals surface area contributed by atoms with Crippen LogP contribution in [-0.4, -0.2) is 40.1 Å². The summed E-state index contributed by atoms with van der Waals surface area (Å²) in [6, 6.07) is 2.21. The standard InChI is InChI=1S/C14H22ClN3OS/c1-17-8-10(15)6-12(17)9-18(2)14(19)16-11-4-5-13(7-11)20-3/h6,8,11,13H,4-5,7,9H2,1-3H3,(H,16,19). The average Bonchev–Trinajstić information content (AvgIpc) is 2.96. The van der Waals surface area contributed by atoms with Gasteiger partial charge < -0.3 is 14.8 Å². The summed E-state index contributed by atoms with van der Waals surface area (Å²) in [6.07, 6.45) is 7.35. The Kier molecular flexibility index (Phi) is 5.27. The van der Waals surface area contributed by atoms with E-state index in [0.29, 0.717) is 22.9 Å². The number of hydrogen-bond donors (Lipinski definition) is 1. The summed E-state index contributed by atoms with van der Waals surface area (Å²) >= 11 is 7.85. The molecular weight excluding hydrogens is 294 g/mol. The summed E-state index contributed by atoms with van der Waals surface area (Å²) in [7, 11) is 3.75. The molecule has 6 heteroatoms. The van der Waals surface area contributed by atoms with Crippen molar-refractivity contribution in [2.75, 3.05) is 13.3 Å². The van der Waals surface area contributed by atoms with E-state index in [9.17, 15) is 4.79 Å². The molecule has 0 bridgehead atoms. The fourth-order valence-electron chi connectivity index (χ4n) is 2.61. The molecule has 1 saturated carbocycles. The van der Waals surface area contributed by atoms with Crippen LogP contribution in [0.2, 0.25) is 5.02 Å². The molecule has 112 valence electrons. The van der Waals surface area contributed by atoms with Crippen molar-refractivity contribution in [3.8, 4) is 0 Å². The number of nitrogens with one attached hydrogen (secondary N) is 1. The van der Waals surface area contributed by atoms with E-state index in [0.717, 1.165) is 18.5 Å². The Hall–Kier alpha value is -0.810. The van der Waals surface area contributed by atoms with Crippen LogP contribution < -0.4 is 5.32 Å². The van der Waals surface area contributed by atoms with E-state index in [1.165, 1.54) is 6.42 Å². The molecule has 0 radical (unpaired) electrons. The summed E-state index contributed by atoms with van der Waals surface area (Å²) < 4.78 is 1.95. The lowest BCUT2D eigenvalue weighted by Gasteiger charge is -2.21. The molecule has 1 aromatic heterocycles. The zero-order valence-corrected chi connectivity index (χ0v) is 13.8. The maximum Gasteiger partial charge on any atom is 0.317 e. The minimum Gasteiger partial charge on any atom is -0.351 e. The van der Waals surface area contributed by atoms with Gasteiger partial charge in [-0.1, -0.05) is 11.6 Å². The first-order valence-corrected chi connectivity index (χ1v) is 8.51. The van der Waals surface area contributed by atoms with Crippen molar-refractivity contribution in [1.82, 2.24) is 14.8 Å². The number of rotatable bonds is 4. The summed E-state index contributed by atoms with van der Waals surface area (Å²) in [5.41, 5.74) is 1.03. The zero-order chi connectivity index (χ0) is 14.7. The normalized spacial score (nSPS) is 22.0. The summed E-state index contributed by atoms with van der Waals surface area (Å²) in [4.78, 5) is 13.9. The minimum absolute atomic E-state index is 0.00549. The number of thioether (sulfide) groups is 1. The van der Waals surface area contributed by atoms with Gasteiger partial charge in [0, 0.05) is 37.3 Å². The van der Waals surface area contributed by atoms with Crippen molar-refractivity contribution >= 4 is 29.4 Å². The SMILES string of the molecule is CSC1CCC(NC(=O)N(C)Cc2cc(Cl)cn2C)C1. The van der Waals surface area contributed by atoms with E-state index in [1.54, 1.807) is 4.90 Å². The number of urea groups is 1. The van der Waals surface area contributed by atoms with E-state index >= 15 is 0 Å². The van der Waals surface area contributed by atoms with Crippen molar-refractivity contribution in [3.63, 3.8) is 0 Å². The lowest BCUT2D eigenvalue weighted by Crippen LogP contribution is -2.42. The first kappa shape index (κ1) is 15.6. The Morgan fingerprint density at radius 1 is 1.60 bits per heavy atom. The monoisotopic (exact) mass is 315 g/mol. The van der Waals surface area contributed by atoms with Gasteiger partial charge in [-0.25, -0.2) is 4.79 Å². The van der Waals surface area contributed by atoms with Crippen LogP contribution in [0, 0.1) is 0 Å². The largest absolute Gasteiger partial charge is 0.351 e. The molecule has 1 aliphatic carbocycles. The summed E-state index contributed by atoms with van der Waals surface area (Å²) in [5.74, 6) is 0. The second-order valence-corrected chi connectivity index (χ2v) is 7.01. The molecule has 1 aromatic rings. The highest BCUT2D eigenvalue weighted by Crippen LogP contribution is 2.28. The first-order chi connectivity index (χ1) is 9.49. The third kappa shape index (κ3) is 3.85. The molecule has 4 nitrogen and oxygen atoms in total. The van der Waals surface area contributed by atoms with Gasteiger partial charge in [-0.2, -0.15) is 11.8 Å². The second kappa shape index (κ2) is 6.76. The Balaban J connectivity index is 1.85. The van der Waals surface area contributed by atoms with E-state index in [-0.39, 0.29) is 6.03 Å². The number of carbonyl (C=O) groups excluding carboxylic acids is 1. The fraction of sp³-hybridized carbons (Fsp3) is 0.643. The predicted octanol–water partition coefficient (Wildman–Crippen LogP) is 3.10. The zero-order valence-electron chi connectivity index (χ0n) is 12.2.